The van der Waals surface area contributed by atoms with E-state index in [9.17, 15) is 25.6 Å². The molecule has 6 aromatic heterocycles. The SMILES string of the molecule is COc1cccc(OC)c1-n1c(CS(=O)(=O)[C@@H](C)[C@H](C)c2ncc(F)cn2)nnc1-c1cccnc1.COc1cccc(OC)c1-n1c(CS(=O)(=O)[C@H](C)[C@@H](C)c2ncc(F)cn2)nnc1-c1cccnc1. The van der Waals surface area contributed by atoms with Gasteiger partial charge >= 0.3 is 0 Å². The zero-order chi connectivity index (χ0) is 51.7. The quantitative estimate of drug-likeness (QED) is 0.0861. The van der Waals surface area contributed by atoms with Gasteiger partial charge in [0.15, 0.2) is 54.6 Å². The van der Waals surface area contributed by atoms with Crippen LogP contribution in [0.25, 0.3) is 34.2 Å². The summed E-state index contributed by atoms with van der Waals surface area (Å²) in [5.41, 5.74) is 2.17. The summed E-state index contributed by atoms with van der Waals surface area (Å²) in [6, 6.07) is 17.6. The fraction of sp³-hybridized carbons (Fsp3) is 0.292. The Morgan fingerprint density at radius 2 is 0.819 bits per heavy atom. The van der Waals surface area contributed by atoms with E-state index in [-0.39, 0.29) is 23.3 Å². The first kappa shape index (κ1) is 52.0. The molecule has 0 aliphatic heterocycles. The Morgan fingerprint density at radius 1 is 0.486 bits per heavy atom. The first-order valence-electron chi connectivity index (χ1n) is 22.0. The van der Waals surface area contributed by atoms with Crippen LogP contribution in [-0.4, -0.2) is 115 Å². The number of nitrogens with zero attached hydrogens (tertiary/aromatic N) is 12. The molecule has 0 unspecified atom stereocenters. The van der Waals surface area contributed by atoms with E-state index in [2.05, 4.69) is 50.3 Å². The summed E-state index contributed by atoms with van der Waals surface area (Å²) >= 11 is 0. The fourth-order valence-electron chi connectivity index (χ4n) is 7.54. The minimum Gasteiger partial charge on any atom is -0.494 e. The van der Waals surface area contributed by atoms with E-state index in [0.29, 0.717) is 57.1 Å². The van der Waals surface area contributed by atoms with Crippen molar-refractivity contribution in [3.05, 3.63) is 145 Å². The van der Waals surface area contributed by atoms with Gasteiger partial charge in [-0.3, -0.25) is 19.1 Å². The number of pyridine rings is 2. The number of aromatic nitrogens is 12. The van der Waals surface area contributed by atoms with Crippen molar-refractivity contribution in [2.75, 3.05) is 28.4 Å². The second-order valence-corrected chi connectivity index (χ2v) is 20.9. The van der Waals surface area contributed by atoms with Crippen molar-refractivity contribution in [2.24, 2.45) is 0 Å². The van der Waals surface area contributed by atoms with Gasteiger partial charge in [-0.1, -0.05) is 26.0 Å². The minimum absolute atomic E-state index is 0.163. The van der Waals surface area contributed by atoms with Crippen LogP contribution in [-0.2, 0) is 31.2 Å². The summed E-state index contributed by atoms with van der Waals surface area (Å²) in [6.45, 7) is 6.51. The largest absolute Gasteiger partial charge is 0.494 e. The Kier molecular flexibility index (Phi) is 16.2. The highest BCUT2D eigenvalue weighted by Crippen LogP contribution is 2.39. The maximum Gasteiger partial charge on any atom is 0.170 e. The minimum atomic E-state index is -3.80. The van der Waals surface area contributed by atoms with E-state index >= 15 is 0 Å². The lowest BCUT2D eigenvalue weighted by Crippen LogP contribution is -2.27. The van der Waals surface area contributed by atoms with Crippen molar-refractivity contribution in [3.8, 4) is 57.1 Å². The van der Waals surface area contributed by atoms with Crippen molar-refractivity contribution in [1.29, 1.82) is 0 Å². The Bertz CT molecular complexity index is 3070. The third kappa shape index (κ3) is 11.2. The first-order valence-corrected chi connectivity index (χ1v) is 25.5. The van der Waals surface area contributed by atoms with Gasteiger partial charge < -0.3 is 18.9 Å². The Hall–Kier alpha value is -7.86. The van der Waals surface area contributed by atoms with Gasteiger partial charge in [0.25, 0.3) is 0 Å². The van der Waals surface area contributed by atoms with Crippen molar-refractivity contribution in [1.82, 2.24) is 59.4 Å². The van der Waals surface area contributed by atoms with Crippen LogP contribution in [0.3, 0.4) is 0 Å². The zero-order valence-corrected chi connectivity index (χ0v) is 42.0. The van der Waals surface area contributed by atoms with Crippen LogP contribution in [0.4, 0.5) is 8.78 Å². The summed E-state index contributed by atoms with van der Waals surface area (Å²) in [5, 5.41) is 15.3. The molecule has 0 saturated heterocycles. The molecule has 0 aliphatic carbocycles. The second kappa shape index (κ2) is 22.5. The van der Waals surface area contributed by atoms with E-state index in [0.717, 1.165) is 24.8 Å². The molecule has 24 heteroatoms. The molecule has 4 atom stereocenters. The van der Waals surface area contributed by atoms with Gasteiger partial charge in [-0.2, -0.15) is 0 Å². The molecule has 8 aromatic rings. The molecule has 0 fully saturated rings. The molecule has 376 valence electrons. The standard InChI is InChI=1S/2C24H25FN6O4S/c2*1-15(23-27-12-18(25)13-28-23)16(2)36(32,33)14-21-29-30-24(17-7-6-10-26-11-17)31(21)22-19(34-3)8-5-9-20(22)35-4/h2*5-13,15-16H,14H2,1-4H3/t2*15-,16-/m10/s1. The van der Waals surface area contributed by atoms with E-state index < -0.39 is 65.2 Å². The lowest BCUT2D eigenvalue weighted by Gasteiger charge is -2.20. The number of para-hydroxylation sites is 2. The van der Waals surface area contributed by atoms with Crippen molar-refractivity contribution < 1.29 is 44.6 Å². The predicted molar refractivity (Wildman–Crippen MR) is 260 cm³/mol. The predicted octanol–water partition coefficient (Wildman–Crippen LogP) is 6.77. The highest BCUT2D eigenvalue weighted by atomic mass is 32.2. The number of ether oxygens (including phenoxy) is 4. The molecule has 72 heavy (non-hydrogen) atoms. The summed E-state index contributed by atoms with van der Waals surface area (Å²) in [5.74, 6) is 0.0676. The maximum atomic E-state index is 13.5. The molecule has 2 aromatic carbocycles. The van der Waals surface area contributed by atoms with Gasteiger partial charge in [0, 0.05) is 47.8 Å². The number of hydrogen-bond acceptors (Lipinski definition) is 18. The molecule has 0 aliphatic rings. The summed E-state index contributed by atoms with van der Waals surface area (Å²) in [7, 11) is -1.57. The maximum absolute atomic E-state index is 13.5. The molecule has 0 amide bonds. The molecular weight excluding hydrogens is 975 g/mol. The molecule has 0 saturated carbocycles. The van der Waals surface area contributed by atoms with Gasteiger partial charge in [0.2, 0.25) is 0 Å². The Balaban J connectivity index is 0.000000211. The molecule has 0 spiro atoms. The molecule has 0 N–H and O–H groups in total. The van der Waals surface area contributed by atoms with Crippen LogP contribution in [0.15, 0.2) is 110 Å². The smallest absolute Gasteiger partial charge is 0.170 e. The molecule has 0 radical (unpaired) electrons. The van der Waals surface area contributed by atoms with Crippen molar-refractivity contribution >= 4 is 19.7 Å². The Morgan fingerprint density at radius 3 is 1.11 bits per heavy atom. The zero-order valence-electron chi connectivity index (χ0n) is 40.3. The molecule has 0 bridgehead atoms. The Labute approximate surface area is 414 Å². The van der Waals surface area contributed by atoms with Crippen LogP contribution in [0.5, 0.6) is 23.0 Å². The van der Waals surface area contributed by atoms with E-state index in [4.69, 9.17) is 18.9 Å². The average molecular weight is 1030 g/mol. The third-order valence-corrected chi connectivity index (χ3v) is 16.3. The lowest BCUT2D eigenvalue weighted by molar-refractivity contribution is 0.390. The van der Waals surface area contributed by atoms with Crippen LogP contribution in [0.1, 0.15) is 62.8 Å². The van der Waals surface area contributed by atoms with Gasteiger partial charge in [-0.05, 0) is 62.4 Å². The molecule has 20 nitrogen and oxygen atoms in total. The number of benzene rings is 2. The number of hydrogen-bond donors (Lipinski definition) is 0. The summed E-state index contributed by atoms with van der Waals surface area (Å²) in [4.78, 5) is 24.1. The van der Waals surface area contributed by atoms with Gasteiger partial charge in [-0.15, -0.1) is 20.4 Å². The number of halogens is 2. The number of sulfone groups is 2. The number of rotatable bonds is 18. The van der Waals surface area contributed by atoms with Crippen LogP contribution >= 0.6 is 0 Å². The average Bonchev–Trinajstić information content (AvgIpc) is 4.01. The summed E-state index contributed by atoms with van der Waals surface area (Å²) in [6.07, 6.45) is 10.5. The van der Waals surface area contributed by atoms with Gasteiger partial charge in [0.05, 0.1) is 63.7 Å². The third-order valence-electron chi connectivity index (χ3n) is 11.8. The first-order chi connectivity index (χ1) is 34.5. The van der Waals surface area contributed by atoms with E-state index in [1.165, 1.54) is 28.4 Å². The van der Waals surface area contributed by atoms with Crippen LogP contribution in [0, 0.1) is 11.6 Å². The molecule has 6 heterocycles. The van der Waals surface area contributed by atoms with Crippen molar-refractivity contribution in [2.45, 2.75) is 61.5 Å². The van der Waals surface area contributed by atoms with E-state index in [1.807, 2.05) is 0 Å². The lowest BCUT2D eigenvalue weighted by atomic mass is 10.1. The van der Waals surface area contributed by atoms with Crippen LogP contribution < -0.4 is 18.9 Å². The van der Waals surface area contributed by atoms with Gasteiger partial charge in [-0.25, -0.2) is 45.6 Å². The monoisotopic (exact) mass is 1020 g/mol. The van der Waals surface area contributed by atoms with Crippen molar-refractivity contribution in [3.63, 3.8) is 0 Å². The van der Waals surface area contributed by atoms with Crippen LogP contribution in [0.2, 0.25) is 0 Å². The summed E-state index contributed by atoms with van der Waals surface area (Å²) < 4.78 is 106. The van der Waals surface area contributed by atoms with Gasteiger partial charge in [0.1, 0.15) is 57.5 Å². The number of methoxy groups -OCH3 is 4. The van der Waals surface area contributed by atoms with E-state index in [1.54, 1.807) is 122 Å². The highest BCUT2D eigenvalue weighted by Gasteiger charge is 2.35. The highest BCUT2D eigenvalue weighted by molar-refractivity contribution is 7.91. The second-order valence-electron chi connectivity index (χ2n) is 16.2. The fourth-order valence-corrected chi connectivity index (χ4v) is 10.6. The molecule has 8 rings (SSSR count). The normalized spacial score (nSPS) is 13.2. The topological polar surface area (TPSA) is 244 Å². The molecular formula is C48H50F2N12O8S2.